The van der Waals surface area contributed by atoms with Crippen LogP contribution in [0.4, 0.5) is 15.3 Å². The van der Waals surface area contributed by atoms with Crippen LogP contribution in [0.15, 0.2) is 53.0 Å². The summed E-state index contributed by atoms with van der Waals surface area (Å²) in [5, 5.41) is 19.2. The van der Waals surface area contributed by atoms with Gasteiger partial charge in [0.2, 0.25) is 5.91 Å². The Hall–Kier alpha value is -4.47. The maximum atomic E-state index is 13.6. The standard InChI is InChI=1S/C30H34N4O6/c1-3-13-32(14-4-2)28(36)24-18-23-17-22(11-12-25(23)31-26(19-24)34(29(37)38)30(39)40)20-7-9-21(10-8-20)27(35)33-15-5-6-16-33/h7-12,17-18H,3-6,13-16,19H2,1-2H3,(H,37,38)(H,39,40). The Balaban J connectivity index is 1.74. The summed E-state index contributed by atoms with van der Waals surface area (Å²) in [6, 6.07) is 12.6. The van der Waals surface area contributed by atoms with Gasteiger partial charge in [0, 0.05) is 49.3 Å². The van der Waals surface area contributed by atoms with Crippen molar-refractivity contribution in [1.82, 2.24) is 14.7 Å². The maximum Gasteiger partial charge on any atom is 0.422 e. The number of likely N-dealkylation sites (tertiary alicyclic amines) is 1. The fourth-order valence-corrected chi connectivity index (χ4v) is 5.07. The third-order valence-corrected chi connectivity index (χ3v) is 7.00. The SMILES string of the molecule is CCCN(CCC)C(=O)C1=Cc2cc(-c3ccc(C(=O)N4CCCC4)cc3)ccc2N=C(N(C(=O)O)C(=O)O)C1. The zero-order valence-corrected chi connectivity index (χ0v) is 22.8. The number of imide groups is 1. The Bertz CT molecular complexity index is 1340. The average Bonchev–Trinajstić information content (AvgIpc) is 3.41. The molecular formula is C30H34N4O6. The number of nitrogens with zero attached hydrogens (tertiary/aromatic N) is 4. The lowest BCUT2D eigenvalue weighted by atomic mass is 9.99. The molecule has 0 saturated carbocycles. The van der Waals surface area contributed by atoms with E-state index in [2.05, 4.69) is 4.99 Å². The monoisotopic (exact) mass is 546 g/mol. The van der Waals surface area contributed by atoms with Gasteiger partial charge in [0.15, 0.2) is 0 Å². The number of fused-ring (bicyclic) bond motifs is 1. The number of carbonyl (C=O) groups excluding carboxylic acids is 2. The van der Waals surface area contributed by atoms with E-state index in [1.807, 2.05) is 36.9 Å². The second-order valence-corrected chi connectivity index (χ2v) is 9.92. The smallest absolute Gasteiger partial charge is 0.422 e. The predicted molar refractivity (Wildman–Crippen MR) is 152 cm³/mol. The summed E-state index contributed by atoms with van der Waals surface area (Å²) >= 11 is 0. The third-order valence-electron chi connectivity index (χ3n) is 7.00. The number of carboxylic acid groups (broad SMARTS) is 2. The van der Waals surface area contributed by atoms with E-state index >= 15 is 0 Å². The molecule has 2 aliphatic rings. The van der Waals surface area contributed by atoms with Crippen LogP contribution in [0.2, 0.25) is 0 Å². The van der Waals surface area contributed by atoms with Gasteiger partial charge >= 0.3 is 12.2 Å². The van der Waals surface area contributed by atoms with Gasteiger partial charge in [-0.3, -0.25) is 9.59 Å². The van der Waals surface area contributed by atoms with Crippen molar-refractivity contribution in [2.75, 3.05) is 26.2 Å². The summed E-state index contributed by atoms with van der Waals surface area (Å²) in [6.45, 7) is 6.52. The van der Waals surface area contributed by atoms with Gasteiger partial charge < -0.3 is 20.0 Å². The van der Waals surface area contributed by atoms with E-state index in [9.17, 15) is 29.4 Å². The molecular weight excluding hydrogens is 512 g/mol. The summed E-state index contributed by atoms with van der Waals surface area (Å²) < 4.78 is 0. The van der Waals surface area contributed by atoms with Crippen molar-refractivity contribution in [3.05, 3.63) is 59.2 Å². The van der Waals surface area contributed by atoms with Gasteiger partial charge in [-0.25, -0.2) is 14.6 Å². The molecule has 0 bridgehead atoms. The molecule has 10 nitrogen and oxygen atoms in total. The molecule has 0 atom stereocenters. The van der Waals surface area contributed by atoms with Gasteiger partial charge in [-0.1, -0.05) is 32.0 Å². The van der Waals surface area contributed by atoms with Gasteiger partial charge in [0.25, 0.3) is 5.91 Å². The molecule has 2 heterocycles. The number of amidine groups is 1. The lowest BCUT2D eigenvalue weighted by Gasteiger charge is -2.23. The molecule has 1 fully saturated rings. The van der Waals surface area contributed by atoms with Crippen molar-refractivity contribution < 1.29 is 29.4 Å². The van der Waals surface area contributed by atoms with Crippen molar-refractivity contribution in [2.45, 2.75) is 46.0 Å². The normalized spacial score (nSPS) is 14.5. The Kier molecular flexibility index (Phi) is 8.98. The minimum Gasteiger partial charge on any atom is -0.464 e. The molecule has 4 amide bonds. The summed E-state index contributed by atoms with van der Waals surface area (Å²) in [7, 11) is 0. The van der Waals surface area contributed by atoms with E-state index in [1.165, 1.54) is 0 Å². The zero-order chi connectivity index (χ0) is 28.8. The summed E-state index contributed by atoms with van der Waals surface area (Å²) in [6.07, 6.45) is 1.56. The fraction of sp³-hybridized carbons (Fsp3) is 0.367. The van der Waals surface area contributed by atoms with E-state index in [-0.39, 0.29) is 34.5 Å². The fourth-order valence-electron chi connectivity index (χ4n) is 5.07. The van der Waals surface area contributed by atoms with Gasteiger partial charge in [0.05, 0.1) is 5.69 Å². The van der Waals surface area contributed by atoms with Crippen molar-refractivity contribution in [3.63, 3.8) is 0 Å². The van der Waals surface area contributed by atoms with Crippen LogP contribution in [0.3, 0.4) is 0 Å². The summed E-state index contributed by atoms with van der Waals surface area (Å²) in [5.41, 5.74) is 3.47. The van der Waals surface area contributed by atoms with Crippen LogP contribution in [0.1, 0.15) is 61.9 Å². The maximum absolute atomic E-state index is 13.6. The number of hydrogen-bond donors (Lipinski definition) is 2. The molecule has 2 N–H and O–H groups in total. The van der Waals surface area contributed by atoms with Crippen molar-refractivity contribution in [2.24, 2.45) is 4.99 Å². The quantitative estimate of drug-likeness (QED) is 0.457. The molecule has 210 valence electrons. The molecule has 4 rings (SSSR count). The second kappa shape index (κ2) is 12.6. The number of rotatable bonds is 7. The van der Waals surface area contributed by atoms with Crippen LogP contribution >= 0.6 is 0 Å². The van der Waals surface area contributed by atoms with Gasteiger partial charge in [-0.2, -0.15) is 4.90 Å². The van der Waals surface area contributed by atoms with Crippen LogP contribution in [0.5, 0.6) is 0 Å². The lowest BCUT2D eigenvalue weighted by Crippen LogP contribution is -2.41. The summed E-state index contributed by atoms with van der Waals surface area (Å²) in [4.78, 5) is 58.0. The Morgan fingerprint density at radius 1 is 0.875 bits per heavy atom. The number of hydrogen-bond acceptors (Lipinski definition) is 5. The topological polar surface area (TPSA) is 131 Å². The Morgan fingerprint density at radius 3 is 2.05 bits per heavy atom. The number of carbonyl (C=O) groups is 4. The van der Waals surface area contributed by atoms with Gasteiger partial charge in [0.1, 0.15) is 5.84 Å². The van der Waals surface area contributed by atoms with Crippen LogP contribution < -0.4 is 0 Å². The first-order chi connectivity index (χ1) is 19.2. The average molecular weight is 547 g/mol. The van der Waals surface area contributed by atoms with Crippen LogP contribution in [-0.4, -0.2) is 80.9 Å². The Morgan fingerprint density at radius 2 is 1.48 bits per heavy atom. The number of amides is 4. The molecule has 0 unspecified atom stereocenters. The molecule has 40 heavy (non-hydrogen) atoms. The second-order valence-electron chi connectivity index (χ2n) is 9.92. The van der Waals surface area contributed by atoms with E-state index in [4.69, 9.17) is 0 Å². The Labute approximate surface area is 233 Å². The minimum atomic E-state index is -1.69. The molecule has 2 aromatic carbocycles. The first-order valence-corrected chi connectivity index (χ1v) is 13.6. The highest BCUT2D eigenvalue weighted by Crippen LogP contribution is 2.33. The highest BCUT2D eigenvalue weighted by Gasteiger charge is 2.31. The lowest BCUT2D eigenvalue weighted by molar-refractivity contribution is -0.127. The highest BCUT2D eigenvalue weighted by molar-refractivity contribution is 6.14. The van der Waals surface area contributed by atoms with Crippen LogP contribution in [-0.2, 0) is 4.79 Å². The van der Waals surface area contributed by atoms with Crippen molar-refractivity contribution in [1.29, 1.82) is 0 Å². The molecule has 0 aliphatic carbocycles. The third kappa shape index (κ3) is 6.22. The molecule has 10 heteroatoms. The zero-order valence-electron chi connectivity index (χ0n) is 22.8. The molecule has 0 aromatic heterocycles. The molecule has 2 aliphatic heterocycles. The first-order valence-electron chi connectivity index (χ1n) is 13.6. The molecule has 0 spiro atoms. The van der Waals surface area contributed by atoms with E-state index < -0.39 is 12.2 Å². The predicted octanol–water partition coefficient (Wildman–Crippen LogP) is 5.71. The first kappa shape index (κ1) is 28.5. The van der Waals surface area contributed by atoms with Crippen molar-refractivity contribution in [3.8, 4) is 11.1 Å². The van der Waals surface area contributed by atoms with Gasteiger partial charge in [-0.05, 0) is 67.2 Å². The van der Waals surface area contributed by atoms with E-state index in [0.717, 1.165) is 49.9 Å². The largest absolute Gasteiger partial charge is 0.464 e. The van der Waals surface area contributed by atoms with Crippen LogP contribution in [0, 0.1) is 0 Å². The highest BCUT2D eigenvalue weighted by atomic mass is 16.4. The number of benzene rings is 2. The molecule has 2 aromatic rings. The van der Waals surface area contributed by atoms with Gasteiger partial charge in [-0.15, -0.1) is 0 Å². The van der Waals surface area contributed by atoms with E-state index in [0.29, 0.717) is 29.9 Å². The minimum absolute atomic E-state index is 0.0176. The summed E-state index contributed by atoms with van der Waals surface area (Å²) in [5.74, 6) is -0.525. The molecule has 1 saturated heterocycles. The molecule has 0 radical (unpaired) electrons. The van der Waals surface area contributed by atoms with Crippen LogP contribution in [0.25, 0.3) is 17.2 Å². The van der Waals surface area contributed by atoms with Crippen molar-refractivity contribution >= 4 is 41.6 Å². The number of aliphatic imine (C=N–C) groups is 1. The van der Waals surface area contributed by atoms with E-state index in [1.54, 1.807) is 35.2 Å².